The van der Waals surface area contributed by atoms with Crippen LogP contribution in [0.3, 0.4) is 0 Å². The van der Waals surface area contributed by atoms with Crippen molar-refractivity contribution >= 4 is 17.8 Å². The molecule has 0 aliphatic carbocycles. The number of rotatable bonds is 6. The molecule has 1 heterocycles. The van der Waals surface area contributed by atoms with Crippen molar-refractivity contribution in [3.8, 4) is 0 Å². The van der Waals surface area contributed by atoms with Gasteiger partial charge in [-0.1, -0.05) is 5.11 Å². The molecule has 9 nitrogen and oxygen atoms in total. The number of ether oxygens (including phenoxy) is 1. The lowest BCUT2D eigenvalue weighted by atomic mass is 10.4. The van der Waals surface area contributed by atoms with E-state index in [1.807, 2.05) is 0 Å². The molecule has 92 valence electrons. The highest BCUT2D eigenvalue weighted by atomic mass is 16.7. The summed E-state index contributed by atoms with van der Waals surface area (Å²) < 4.78 is 4.79. The number of hydrogen-bond donors (Lipinski definition) is 0. The summed E-state index contributed by atoms with van der Waals surface area (Å²) in [7, 11) is 0. The van der Waals surface area contributed by atoms with Gasteiger partial charge >= 0.3 is 5.97 Å². The van der Waals surface area contributed by atoms with Crippen molar-refractivity contribution in [3.63, 3.8) is 0 Å². The van der Waals surface area contributed by atoms with E-state index in [-0.39, 0.29) is 26.0 Å². The average molecular weight is 242 g/mol. The molecule has 2 amide bonds. The molecule has 1 aliphatic rings. The number of nitrogens with zero attached hydrogens (tertiary/aromatic N) is 4. The summed E-state index contributed by atoms with van der Waals surface area (Å²) in [6.07, 6.45) is 0.0910. The number of amides is 2. The molecule has 0 spiro atoms. The van der Waals surface area contributed by atoms with Crippen LogP contribution in [0.25, 0.3) is 10.4 Å². The number of hydroxylamine groups is 2. The third-order valence-electron chi connectivity index (χ3n) is 1.82. The van der Waals surface area contributed by atoms with Crippen molar-refractivity contribution in [1.29, 1.82) is 0 Å². The summed E-state index contributed by atoms with van der Waals surface area (Å²) in [6.45, 7) is -0.273. The Hall–Kier alpha value is -2.12. The van der Waals surface area contributed by atoms with Gasteiger partial charge in [-0.25, -0.2) is 4.79 Å². The fraction of sp³-hybridized carbons (Fsp3) is 0.625. The summed E-state index contributed by atoms with van der Waals surface area (Å²) in [5.41, 5.74) is 7.95. The molecular formula is C8H10N4O5. The predicted molar refractivity (Wildman–Crippen MR) is 52.0 cm³/mol. The van der Waals surface area contributed by atoms with E-state index < -0.39 is 24.4 Å². The van der Waals surface area contributed by atoms with Gasteiger partial charge in [-0.05, 0) is 5.53 Å². The minimum atomic E-state index is -0.852. The van der Waals surface area contributed by atoms with Crippen molar-refractivity contribution in [3.05, 3.63) is 10.4 Å². The summed E-state index contributed by atoms with van der Waals surface area (Å²) >= 11 is 0. The van der Waals surface area contributed by atoms with Gasteiger partial charge in [0.05, 0.1) is 6.61 Å². The molecular weight excluding hydrogens is 232 g/mol. The fourth-order valence-electron chi connectivity index (χ4n) is 1.09. The Bertz CT molecular complexity index is 360. The van der Waals surface area contributed by atoms with Gasteiger partial charge in [-0.2, -0.15) is 0 Å². The van der Waals surface area contributed by atoms with E-state index >= 15 is 0 Å². The van der Waals surface area contributed by atoms with Gasteiger partial charge in [0, 0.05) is 24.3 Å². The van der Waals surface area contributed by atoms with Crippen LogP contribution >= 0.6 is 0 Å². The summed E-state index contributed by atoms with van der Waals surface area (Å²) in [5.74, 6) is -1.94. The highest BCUT2D eigenvalue weighted by molar-refractivity contribution is 6.01. The van der Waals surface area contributed by atoms with Gasteiger partial charge in [0.2, 0.25) is 0 Å². The summed E-state index contributed by atoms with van der Waals surface area (Å²) in [6, 6.07) is 0. The Kier molecular flexibility index (Phi) is 4.92. The number of carbonyl (C=O) groups is 3. The summed E-state index contributed by atoms with van der Waals surface area (Å²) in [4.78, 5) is 40.3. The second kappa shape index (κ2) is 6.46. The van der Waals surface area contributed by atoms with Crippen molar-refractivity contribution in [2.24, 2.45) is 5.11 Å². The lowest BCUT2D eigenvalue weighted by Crippen LogP contribution is -2.33. The van der Waals surface area contributed by atoms with Crippen molar-refractivity contribution in [2.45, 2.75) is 12.8 Å². The zero-order valence-corrected chi connectivity index (χ0v) is 8.87. The fourth-order valence-corrected chi connectivity index (χ4v) is 1.09. The van der Waals surface area contributed by atoms with Gasteiger partial charge in [0.1, 0.15) is 6.61 Å². The van der Waals surface area contributed by atoms with Crippen LogP contribution in [-0.2, 0) is 24.0 Å². The van der Waals surface area contributed by atoms with Gasteiger partial charge in [-0.15, -0.1) is 5.06 Å². The smallest absolute Gasteiger partial charge is 0.358 e. The lowest BCUT2D eigenvalue weighted by molar-refractivity contribution is -0.200. The maximum absolute atomic E-state index is 11.1. The summed E-state index contributed by atoms with van der Waals surface area (Å²) in [5, 5.41) is 3.62. The van der Waals surface area contributed by atoms with Crippen LogP contribution in [-0.4, -0.2) is 42.6 Å². The highest BCUT2D eigenvalue weighted by Crippen LogP contribution is 2.11. The minimum absolute atomic E-state index is 0.0455. The molecule has 0 saturated carbocycles. The molecule has 0 aromatic carbocycles. The van der Waals surface area contributed by atoms with Crippen LogP contribution in [0.1, 0.15) is 12.8 Å². The van der Waals surface area contributed by atoms with Crippen molar-refractivity contribution < 1.29 is 24.0 Å². The van der Waals surface area contributed by atoms with Crippen molar-refractivity contribution in [2.75, 3.05) is 19.8 Å². The third kappa shape index (κ3) is 4.09. The molecule has 17 heavy (non-hydrogen) atoms. The van der Waals surface area contributed by atoms with Crippen LogP contribution in [0.4, 0.5) is 0 Å². The standard InChI is InChI=1S/C8H10N4O5/c9-11-10-3-4-16-5-8(15)17-12-6(13)1-2-7(12)14/h1-5H2. The van der Waals surface area contributed by atoms with E-state index in [2.05, 4.69) is 14.9 Å². The maximum Gasteiger partial charge on any atom is 0.358 e. The van der Waals surface area contributed by atoms with Crippen LogP contribution in [0.2, 0.25) is 0 Å². The van der Waals surface area contributed by atoms with E-state index in [1.54, 1.807) is 0 Å². The first-order valence-corrected chi connectivity index (χ1v) is 4.80. The third-order valence-corrected chi connectivity index (χ3v) is 1.82. The zero-order valence-electron chi connectivity index (χ0n) is 8.87. The quantitative estimate of drug-likeness (QED) is 0.212. The molecule has 0 atom stereocenters. The normalized spacial score (nSPS) is 14.7. The van der Waals surface area contributed by atoms with Crippen LogP contribution in [0.15, 0.2) is 5.11 Å². The SMILES string of the molecule is [N-]=[N+]=NCCOCC(=O)ON1C(=O)CCC1=O. The minimum Gasteiger partial charge on any atom is -0.370 e. The van der Waals surface area contributed by atoms with E-state index in [0.29, 0.717) is 5.06 Å². The second-order valence-corrected chi connectivity index (χ2v) is 3.05. The number of azide groups is 1. The average Bonchev–Trinajstić information content (AvgIpc) is 2.60. The van der Waals surface area contributed by atoms with Gasteiger partial charge in [0.25, 0.3) is 11.8 Å². The first-order chi connectivity index (χ1) is 8.15. The van der Waals surface area contributed by atoms with Gasteiger partial charge in [-0.3, -0.25) is 9.59 Å². The maximum atomic E-state index is 11.1. The Labute approximate surface area is 95.8 Å². The Morgan fingerprint density at radius 2 is 2.06 bits per heavy atom. The molecule has 0 unspecified atom stereocenters. The molecule has 0 bridgehead atoms. The largest absolute Gasteiger partial charge is 0.370 e. The molecule has 1 aliphatic heterocycles. The molecule has 0 aromatic rings. The van der Waals surface area contributed by atoms with Crippen LogP contribution in [0, 0.1) is 0 Å². The molecule has 0 radical (unpaired) electrons. The van der Waals surface area contributed by atoms with Gasteiger partial charge in [0.15, 0.2) is 0 Å². The molecule has 1 saturated heterocycles. The van der Waals surface area contributed by atoms with E-state index in [0.717, 1.165) is 0 Å². The molecule has 1 rings (SSSR count). The highest BCUT2D eigenvalue weighted by Gasteiger charge is 2.32. The Balaban J connectivity index is 2.22. The monoisotopic (exact) mass is 242 g/mol. The Morgan fingerprint density at radius 1 is 1.41 bits per heavy atom. The van der Waals surface area contributed by atoms with E-state index in [1.165, 1.54) is 0 Å². The van der Waals surface area contributed by atoms with Crippen molar-refractivity contribution in [1.82, 2.24) is 5.06 Å². The molecule has 1 fully saturated rings. The topological polar surface area (TPSA) is 122 Å². The zero-order chi connectivity index (χ0) is 12.7. The van der Waals surface area contributed by atoms with Crippen LogP contribution in [0.5, 0.6) is 0 Å². The van der Waals surface area contributed by atoms with Gasteiger partial charge < -0.3 is 9.57 Å². The molecule has 0 aromatic heterocycles. The molecule has 9 heteroatoms. The predicted octanol–water partition coefficient (Wildman–Crippen LogP) is -0.0795. The first-order valence-electron chi connectivity index (χ1n) is 4.80. The molecule has 0 N–H and O–H groups in total. The Morgan fingerprint density at radius 3 is 2.65 bits per heavy atom. The number of hydrogen-bond acceptors (Lipinski definition) is 6. The van der Waals surface area contributed by atoms with E-state index in [4.69, 9.17) is 10.3 Å². The van der Waals surface area contributed by atoms with Crippen LogP contribution < -0.4 is 0 Å². The number of carbonyl (C=O) groups excluding carboxylic acids is 3. The van der Waals surface area contributed by atoms with E-state index in [9.17, 15) is 14.4 Å². The number of imide groups is 1. The lowest BCUT2D eigenvalue weighted by Gasteiger charge is -2.12. The first kappa shape index (κ1) is 12.9. The second-order valence-electron chi connectivity index (χ2n) is 3.05.